The van der Waals surface area contributed by atoms with Crippen molar-refractivity contribution in [2.45, 2.75) is 25.2 Å². The maximum Gasteiger partial charge on any atom is 0.310 e. The van der Waals surface area contributed by atoms with Crippen molar-refractivity contribution in [2.24, 2.45) is 5.41 Å². The average Bonchev–Trinajstić information content (AvgIpc) is 2.38. The van der Waals surface area contributed by atoms with E-state index in [1.54, 1.807) is 6.92 Å². The lowest BCUT2D eigenvalue weighted by Crippen LogP contribution is -2.40. The summed E-state index contributed by atoms with van der Waals surface area (Å²) in [5.41, 5.74) is -1.32. The van der Waals surface area contributed by atoms with Crippen molar-refractivity contribution < 1.29 is 27.1 Å². The zero-order valence-corrected chi connectivity index (χ0v) is 11.8. The lowest BCUT2D eigenvalue weighted by molar-refractivity contribution is -0.147. The highest BCUT2D eigenvalue weighted by Crippen LogP contribution is 2.22. The van der Waals surface area contributed by atoms with Crippen LogP contribution in [0, 0.1) is 17.0 Å². The molecule has 5 nitrogen and oxygen atoms in total. The SMILES string of the molecule is CCC(C)(CNS(=O)(=O)c1cc(F)ccc1F)C(=O)O. The standard InChI is InChI=1S/C12H15F2NO4S/c1-3-12(2,11(16)17)7-15-20(18,19)10-6-8(13)4-5-9(10)14/h4-6,15H,3,7H2,1-2H3,(H,16,17). The van der Waals surface area contributed by atoms with Crippen LogP contribution in [0.2, 0.25) is 0 Å². The number of carboxylic acid groups (broad SMARTS) is 1. The third kappa shape index (κ3) is 3.51. The van der Waals surface area contributed by atoms with Crippen molar-refractivity contribution >= 4 is 16.0 Å². The van der Waals surface area contributed by atoms with Crippen LogP contribution in [0.15, 0.2) is 23.1 Å². The second-order valence-corrected chi connectivity index (χ2v) is 6.35. The minimum atomic E-state index is -4.32. The highest BCUT2D eigenvalue weighted by atomic mass is 32.2. The summed E-state index contributed by atoms with van der Waals surface area (Å²) < 4.78 is 52.2. The Labute approximate surface area is 115 Å². The largest absolute Gasteiger partial charge is 0.481 e. The number of benzene rings is 1. The van der Waals surface area contributed by atoms with Crippen LogP contribution in [0.1, 0.15) is 20.3 Å². The third-order valence-corrected chi connectivity index (χ3v) is 4.55. The van der Waals surface area contributed by atoms with Crippen molar-refractivity contribution in [1.29, 1.82) is 0 Å². The molecule has 8 heteroatoms. The maximum atomic E-state index is 13.4. The van der Waals surface area contributed by atoms with Gasteiger partial charge >= 0.3 is 5.97 Å². The molecule has 0 radical (unpaired) electrons. The Morgan fingerprint density at radius 1 is 1.40 bits per heavy atom. The number of hydrogen-bond acceptors (Lipinski definition) is 3. The first-order valence-corrected chi connectivity index (χ1v) is 7.29. The van der Waals surface area contributed by atoms with Gasteiger partial charge in [0.1, 0.15) is 16.5 Å². The summed E-state index contributed by atoms with van der Waals surface area (Å²) in [6.45, 7) is 2.53. The Kier molecular flexibility index (Phi) is 4.82. The molecule has 0 saturated carbocycles. The van der Waals surface area contributed by atoms with Gasteiger partial charge in [-0.05, 0) is 31.5 Å². The number of hydrogen-bond donors (Lipinski definition) is 2. The molecule has 0 amide bonds. The van der Waals surface area contributed by atoms with E-state index < -0.39 is 44.5 Å². The van der Waals surface area contributed by atoms with E-state index in [0.717, 1.165) is 6.07 Å². The van der Waals surface area contributed by atoms with Crippen molar-refractivity contribution in [3.05, 3.63) is 29.8 Å². The van der Waals surface area contributed by atoms with Crippen molar-refractivity contribution in [3.63, 3.8) is 0 Å². The van der Waals surface area contributed by atoms with Gasteiger partial charge in [0, 0.05) is 6.54 Å². The molecule has 1 aromatic rings. The predicted octanol–water partition coefficient (Wildman–Crippen LogP) is 1.74. The molecule has 0 fully saturated rings. The van der Waals surface area contributed by atoms with Crippen LogP contribution in [0.4, 0.5) is 8.78 Å². The third-order valence-electron chi connectivity index (χ3n) is 3.13. The van der Waals surface area contributed by atoms with Gasteiger partial charge in [0.25, 0.3) is 0 Å². The van der Waals surface area contributed by atoms with Crippen molar-refractivity contribution in [1.82, 2.24) is 4.72 Å². The Morgan fingerprint density at radius 2 is 2.00 bits per heavy atom. The van der Waals surface area contributed by atoms with E-state index in [2.05, 4.69) is 0 Å². The minimum absolute atomic E-state index is 0.177. The molecule has 1 rings (SSSR count). The predicted molar refractivity (Wildman–Crippen MR) is 67.6 cm³/mol. The van der Waals surface area contributed by atoms with Gasteiger partial charge in [0.15, 0.2) is 0 Å². The number of sulfonamides is 1. The molecular formula is C12H15F2NO4S. The molecule has 1 aromatic carbocycles. The first kappa shape index (κ1) is 16.5. The summed E-state index contributed by atoms with van der Waals surface area (Å²) in [7, 11) is -4.32. The lowest BCUT2D eigenvalue weighted by atomic mass is 9.88. The smallest absolute Gasteiger partial charge is 0.310 e. The summed E-state index contributed by atoms with van der Waals surface area (Å²) in [4.78, 5) is 10.2. The van der Waals surface area contributed by atoms with Gasteiger partial charge in [-0.15, -0.1) is 0 Å². The minimum Gasteiger partial charge on any atom is -0.481 e. The summed E-state index contributed by atoms with van der Waals surface area (Å²) in [6.07, 6.45) is 0.177. The molecule has 20 heavy (non-hydrogen) atoms. The molecule has 0 aliphatic carbocycles. The zero-order chi connectivity index (χ0) is 15.6. The lowest BCUT2D eigenvalue weighted by Gasteiger charge is -2.23. The van der Waals surface area contributed by atoms with Gasteiger partial charge < -0.3 is 5.11 Å². The molecule has 0 aliphatic heterocycles. The van der Waals surface area contributed by atoms with Crippen LogP contribution in [0.25, 0.3) is 0 Å². The molecule has 2 N–H and O–H groups in total. The fraction of sp³-hybridized carbons (Fsp3) is 0.417. The van der Waals surface area contributed by atoms with E-state index in [1.807, 2.05) is 4.72 Å². The normalized spacial score (nSPS) is 14.8. The van der Waals surface area contributed by atoms with Gasteiger partial charge in [0.05, 0.1) is 5.41 Å². The maximum absolute atomic E-state index is 13.4. The van der Waals surface area contributed by atoms with E-state index in [4.69, 9.17) is 5.11 Å². The summed E-state index contributed by atoms with van der Waals surface area (Å²) in [5.74, 6) is -3.18. The molecule has 0 bridgehead atoms. The highest BCUT2D eigenvalue weighted by Gasteiger charge is 2.33. The molecule has 1 unspecified atom stereocenters. The first-order valence-electron chi connectivity index (χ1n) is 5.80. The fourth-order valence-corrected chi connectivity index (χ4v) is 2.62. The summed E-state index contributed by atoms with van der Waals surface area (Å²) in [5, 5.41) is 9.03. The van der Waals surface area contributed by atoms with Crippen LogP contribution in [0.3, 0.4) is 0 Å². The summed E-state index contributed by atoms with van der Waals surface area (Å²) in [6, 6.07) is 2.03. The molecule has 1 atom stereocenters. The zero-order valence-electron chi connectivity index (χ0n) is 11.0. The Morgan fingerprint density at radius 3 is 2.50 bits per heavy atom. The van der Waals surface area contributed by atoms with Crippen LogP contribution in [-0.2, 0) is 14.8 Å². The van der Waals surface area contributed by atoms with Crippen LogP contribution < -0.4 is 4.72 Å². The van der Waals surface area contributed by atoms with Crippen LogP contribution in [-0.4, -0.2) is 26.0 Å². The van der Waals surface area contributed by atoms with Gasteiger partial charge in [-0.2, -0.15) is 0 Å². The van der Waals surface area contributed by atoms with E-state index in [0.29, 0.717) is 12.1 Å². The van der Waals surface area contributed by atoms with E-state index in [-0.39, 0.29) is 6.42 Å². The van der Waals surface area contributed by atoms with Gasteiger partial charge in [-0.1, -0.05) is 6.92 Å². The monoisotopic (exact) mass is 307 g/mol. The number of halogens is 2. The Balaban J connectivity index is 3.02. The van der Waals surface area contributed by atoms with Gasteiger partial charge in [-0.3, -0.25) is 4.79 Å². The molecule has 0 aromatic heterocycles. The highest BCUT2D eigenvalue weighted by molar-refractivity contribution is 7.89. The van der Waals surface area contributed by atoms with Gasteiger partial charge in [0.2, 0.25) is 10.0 Å². The molecule has 112 valence electrons. The number of aliphatic carboxylic acids is 1. The van der Waals surface area contributed by atoms with E-state index >= 15 is 0 Å². The number of rotatable bonds is 6. The molecule has 0 saturated heterocycles. The van der Waals surface area contributed by atoms with Crippen LogP contribution >= 0.6 is 0 Å². The number of carboxylic acids is 1. The van der Waals surface area contributed by atoms with Crippen molar-refractivity contribution in [3.8, 4) is 0 Å². The van der Waals surface area contributed by atoms with Gasteiger partial charge in [-0.25, -0.2) is 21.9 Å². The number of nitrogens with one attached hydrogen (secondary N) is 1. The topological polar surface area (TPSA) is 83.5 Å². The van der Waals surface area contributed by atoms with Crippen molar-refractivity contribution in [2.75, 3.05) is 6.54 Å². The molecule has 0 aliphatic rings. The molecular weight excluding hydrogens is 292 g/mol. The number of carbonyl (C=O) groups is 1. The second-order valence-electron chi connectivity index (χ2n) is 4.62. The summed E-state index contributed by atoms with van der Waals surface area (Å²) >= 11 is 0. The second kappa shape index (κ2) is 5.84. The average molecular weight is 307 g/mol. The fourth-order valence-electron chi connectivity index (χ4n) is 1.37. The quantitative estimate of drug-likeness (QED) is 0.838. The Bertz CT molecular complexity index is 618. The van der Waals surface area contributed by atoms with Crippen LogP contribution in [0.5, 0.6) is 0 Å². The van der Waals surface area contributed by atoms with E-state index in [1.165, 1.54) is 6.92 Å². The molecule has 0 spiro atoms. The Hall–Kier alpha value is -1.54. The van der Waals surface area contributed by atoms with E-state index in [9.17, 15) is 22.0 Å². The molecule has 0 heterocycles. The first-order chi connectivity index (χ1) is 9.12.